The van der Waals surface area contributed by atoms with Crippen LogP contribution in [0.2, 0.25) is 0 Å². The molecular formula is C10H14N4O2. The van der Waals surface area contributed by atoms with E-state index in [2.05, 4.69) is 10.4 Å². The summed E-state index contributed by atoms with van der Waals surface area (Å²) in [7, 11) is 0. The number of aryl methyl sites for hydroxylation is 1. The molecule has 86 valence electrons. The van der Waals surface area contributed by atoms with Crippen LogP contribution in [0.1, 0.15) is 24.6 Å². The summed E-state index contributed by atoms with van der Waals surface area (Å²) in [5.74, 6) is 5.37. The molecule has 0 aliphatic carbocycles. The smallest absolute Gasteiger partial charge is 0.288 e. The molecule has 0 unspecified atom stereocenters. The molecule has 0 radical (unpaired) electrons. The van der Waals surface area contributed by atoms with E-state index in [0.29, 0.717) is 17.0 Å². The van der Waals surface area contributed by atoms with Crippen LogP contribution in [0.5, 0.6) is 0 Å². The van der Waals surface area contributed by atoms with E-state index in [1.54, 1.807) is 6.92 Å². The van der Waals surface area contributed by atoms with Gasteiger partial charge in [-0.3, -0.25) is 20.9 Å². The average Bonchev–Trinajstić information content (AvgIpc) is 2.26. The third-order valence-corrected chi connectivity index (χ3v) is 2.14. The maximum Gasteiger partial charge on any atom is 0.288 e. The van der Waals surface area contributed by atoms with E-state index in [4.69, 9.17) is 5.84 Å². The second-order valence-electron chi connectivity index (χ2n) is 3.25. The van der Waals surface area contributed by atoms with Crippen LogP contribution < -0.4 is 11.3 Å². The van der Waals surface area contributed by atoms with Crippen molar-refractivity contribution >= 4 is 11.4 Å². The highest BCUT2D eigenvalue weighted by Gasteiger charge is 2.12. The zero-order valence-corrected chi connectivity index (χ0v) is 9.23. The minimum Gasteiger partial charge on any atom is -0.324 e. The largest absolute Gasteiger partial charge is 0.324 e. The topological polar surface area (TPSA) is 94.1 Å². The van der Waals surface area contributed by atoms with Gasteiger partial charge < -0.3 is 5.43 Å². The number of hydrogen-bond donors (Lipinski definition) is 2. The summed E-state index contributed by atoms with van der Waals surface area (Å²) in [6.07, 6.45) is 3.87. The minimum atomic E-state index is -0.476. The first-order valence-electron chi connectivity index (χ1n) is 4.88. The van der Waals surface area contributed by atoms with Crippen LogP contribution in [0.3, 0.4) is 0 Å². The molecule has 0 aliphatic rings. The number of allylic oxidation sites excluding steroid dienone is 1. The van der Waals surface area contributed by atoms with E-state index in [1.165, 1.54) is 12.3 Å². The number of nitrogens with zero attached hydrogens (tertiary/aromatic N) is 2. The van der Waals surface area contributed by atoms with E-state index < -0.39 is 4.92 Å². The van der Waals surface area contributed by atoms with Gasteiger partial charge in [0, 0.05) is 17.3 Å². The van der Waals surface area contributed by atoms with Crippen LogP contribution in [0.25, 0.3) is 5.70 Å². The van der Waals surface area contributed by atoms with Crippen LogP contribution in [0.15, 0.2) is 18.3 Å². The van der Waals surface area contributed by atoms with Crippen molar-refractivity contribution in [3.8, 4) is 0 Å². The lowest BCUT2D eigenvalue weighted by Crippen LogP contribution is -2.20. The van der Waals surface area contributed by atoms with Crippen molar-refractivity contribution in [1.82, 2.24) is 10.4 Å². The van der Waals surface area contributed by atoms with Crippen molar-refractivity contribution in [1.29, 1.82) is 0 Å². The Morgan fingerprint density at radius 1 is 1.75 bits per heavy atom. The number of hydrogen-bond acceptors (Lipinski definition) is 5. The summed E-state index contributed by atoms with van der Waals surface area (Å²) in [6, 6.07) is 1.46. The minimum absolute atomic E-state index is 0.0437. The van der Waals surface area contributed by atoms with Gasteiger partial charge in [-0.1, -0.05) is 13.0 Å². The Hall–Kier alpha value is -1.95. The van der Waals surface area contributed by atoms with Crippen molar-refractivity contribution in [3.05, 3.63) is 39.7 Å². The first-order chi connectivity index (χ1) is 7.60. The van der Waals surface area contributed by atoms with Crippen molar-refractivity contribution in [2.24, 2.45) is 5.84 Å². The molecule has 0 saturated carbocycles. The Bertz CT molecular complexity index is 429. The summed E-state index contributed by atoms with van der Waals surface area (Å²) >= 11 is 0. The second kappa shape index (κ2) is 5.22. The van der Waals surface area contributed by atoms with Gasteiger partial charge in [-0.15, -0.1) is 0 Å². The van der Waals surface area contributed by atoms with Gasteiger partial charge in [0.1, 0.15) is 6.20 Å². The molecule has 0 aromatic carbocycles. The summed E-state index contributed by atoms with van der Waals surface area (Å²) in [5, 5.41) is 10.6. The molecule has 6 heteroatoms. The lowest BCUT2D eigenvalue weighted by atomic mass is 10.1. The first kappa shape index (κ1) is 12.1. The lowest BCUT2D eigenvalue weighted by Gasteiger charge is -2.08. The van der Waals surface area contributed by atoms with Gasteiger partial charge in [-0.25, -0.2) is 0 Å². The van der Waals surface area contributed by atoms with Crippen molar-refractivity contribution in [2.75, 3.05) is 0 Å². The van der Waals surface area contributed by atoms with Gasteiger partial charge in [0.15, 0.2) is 0 Å². The summed E-state index contributed by atoms with van der Waals surface area (Å²) in [6.45, 7) is 3.73. The zero-order chi connectivity index (χ0) is 12.1. The standard InChI is InChI=1S/C10H14N4O2/c1-3-4-10(13-11)9-5-8(14(15)16)6-12-7(9)2/h4-6,13H,3,11H2,1-2H3/b10-4+. The molecule has 0 aliphatic heterocycles. The number of nitrogens with one attached hydrogen (secondary N) is 1. The lowest BCUT2D eigenvalue weighted by molar-refractivity contribution is -0.385. The molecule has 0 amide bonds. The van der Waals surface area contributed by atoms with Gasteiger partial charge in [-0.05, 0) is 13.3 Å². The van der Waals surface area contributed by atoms with Gasteiger partial charge in [-0.2, -0.15) is 0 Å². The Kier molecular flexibility index (Phi) is 3.96. The van der Waals surface area contributed by atoms with Gasteiger partial charge >= 0.3 is 0 Å². The van der Waals surface area contributed by atoms with Crippen LogP contribution in [0, 0.1) is 17.0 Å². The molecule has 0 spiro atoms. The van der Waals surface area contributed by atoms with E-state index in [-0.39, 0.29) is 5.69 Å². The molecule has 1 rings (SSSR count). The monoisotopic (exact) mass is 222 g/mol. The Morgan fingerprint density at radius 3 is 2.94 bits per heavy atom. The van der Waals surface area contributed by atoms with E-state index >= 15 is 0 Å². The number of nitrogens with two attached hydrogens (primary N) is 1. The Morgan fingerprint density at radius 2 is 2.44 bits per heavy atom. The maximum atomic E-state index is 10.6. The molecule has 0 fully saturated rings. The molecule has 1 heterocycles. The van der Waals surface area contributed by atoms with Crippen LogP contribution in [-0.4, -0.2) is 9.91 Å². The van der Waals surface area contributed by atoms with Gasteiger partial charge in [0.25, 0.3) is 5.69 Å². The fourth-order valence-corrected chi connectivity index (χ4v) is 1.35. The van der Waals surface area contributed by atoms with Gasteiger partial charge in [0.05, 0.1) is 10.6 Å². The highest BCUT2D eigenvalue weighted by atomic mass is 16.6. The number of hydrazine groups is 1. The van der Waals surface area contributed by atoms with Gasteiger partial charge in [0.2, 0.25) is 0 Å². The Balaban J connectivity index is 3.25. The first-order valence-corrected chi connectivity index (χ1v) is 4.88. The molecular weight excluding hydrogens is 208 g/mol. The predicted molar refractivity (Wildman–Crippen MR) is 61.2 cm³/mol. The molecule has 6 nitrogen and oxygen atoms in total. The predicted octanol–water partition coefficient (Wildman–Crippen LogP) is 1.51. The highest BCUT2D eigenvalue weighted by Crippen LogP contribution is 2.20. The molecule has 0 atom stereocenters. The number of pyridine rings is 1. The fraction of sp³-hybridized carbons (Fsp3) is 0.300. The molecule has 3 N–H and O–H groups in total. The summed E-state index contributed by atoms with van der Waals surface area (Å²) in [5.41, 5.74) is 4.48. The third-order valence-electron chi connectivity index (χ3n) is 2.14. The number of rotatable bonds is 4. The van der Waals surface area contributed by atoms with Crippen LogP contribution in [0.4, 0.5) is 5.69 Å². The van der Waals surface area contributed by atoms with Crippen LogP contribution in [-0.2, 0) is 0 Å². The fourth-order valence-electron chi connectivity index (χ4n) is 1.35. The number of aromatic nitrogens is 1. The SMILES string of the molecule is CC/C=C(/NN)c1cc([N+](=O)[O-])cnc1C. The normalized spacial score (nSPS) is 11.3. The summed E-state index contributed by atoms with van der Waals surface area (Å²) < 4.78 is 0. The quantitative estimate of drug-likeness (QED) is 0.457. The maximum absolute atomic E-state index is 10.6. The van der Waals surface area contributed by atoms with E-state index in [9.17, 15) is 10.1 Å². The highest BCUT2D eigenvalue weighted by molar-refractivity contribution is 5.66. The zero-order valence-electron chi connectivity index (χ0n) is 9.23. The molecule has 1 aromatic heterocycles. The van der Waals surface area contributed by atoms with Crippen molar-refractivity contribution in [2.45, 2.75) is 20.3 Å². The molecule has 0 bridgehead atoms. The van der Waals surface area contributed by atoms with Crippen molar-refractivity contribution in [3.63, 3.8) is 0 Å². The molecule has 1 aromatic rings. The molecule has 0 saturated heterocycles. The third kappa shape index (κ3) is 2.54. The van der Waals surface area contributed by atoms with Crippen LogP contribution >= 0.6 is 0 Å². The Labute approximate surface area is 93.3 Å². The second-order valence-corrected chi connectivity index (χ2v) is 3.25. The van der Waals surface area contributed by atoms with E-state index in [1.807, 2.05) is 13.0 Å². The summed E-state index contributed by atoms with van der Waals surface area (Å²) in [4.78, 5) is 14.1. The average molecular weight is 222 g/mol. The number of nitro groups is 1. The van der Waals surface area contributed by atoms with E-state index in [0.717, 1.165) is 6.42 Å². The molecule has 16 heavy (non-hydrogen) atoms. The van der Waals surface area contributed by atoms with Crippen molar-refractivity contribution < 1.29 is 4.92 Å².